The van der Waals surface area contributed by atoms with Gasteiger partial charge in [-0.25, -0.2) is 0 Å². The van der Waals surface area contributed by atoms with E-state index in [1.807, 2.05) is 30.3 Å². The van der Waals surface area contributed by atoms with Gasteiger partial charge in [-0.15, -0.1) is 11.8 Å². The normalized spacial score (nSPS) is 13.3. The van der Waals surface area contributed by atoms with Crippen LogP contribution in [0.3, 0.4) is 0 Å². The van der Waals surface area contributed by atoms with Crippen molar-refractivity contribution in [3.05, 3.63) is 51.6 Å². The maximum Gasteiger partial charge on any atom is 0.255 e. The number of halogens is 1. The van der Waals surface area contributed by atoms with Crippen LogP contribution in [0.4, 0.5) is 11.4 Å². The fourth-order valence-corrected chi connectivity index (χ4v) is 3.33. The lowest BCUT2D eigenvalue weighted by Crippen LogP contribution is -2.19. The van der Waals surface area contributed by atoms with E-state index < -0.39 is 0 Å². The van der Waals surface area contributed by atoms with Crippen LogP contribution in [-0.2, 0) is 4.79 Å². The molecule has 2 amide bonds. The van der Waals surface area contributed by atoms with E-state index in [4.69, 9.17) is 0 Å². The number of amides is 2. The van der Waals surface area contributed by atoms with Gasteiger partial charge in [-0.2, -0.15) is 0 Å². The van der Waals surface area contributed by atoms with E-state index in [0.29, 0.717) is 17.0 Å². The van der Waals surface area contributed by atoms with Crippen LogP contribution in [0.15, 0.2) is 47.4 Å². The lowest BCUT2D eigenvalue weighted by atomic mass is 10.2. The fraction of sp³-hybridized carbons (Fsp3) is 0.0667. The number of nitrogens with one attached hydrogen (secondary N) is 2. The van der Waals surface area contributed by atoms with Gasteiger partial charge in [0.25, 0.3) is 5.91 Å². The number of benzene rings is 2. The van der Waals surface area contributed by atoms with Crippen LogP contribution in [0.1, 0.15) is 10.4 Å². The summed E-state index contributed by atoms with van der Waals surface area (Å²) in [4.78, 5) is 24.6. The number of anilines is 2. The van der Waals surface area contributed by atoms with Gasteiger partial charge in [0.1, 0.15) is 0 Å². The molecule has 0 fully saturated rings. The number of thioether (sulfide) groups is 1. The van der Waals surface area contributed by atoms with E-state index in [0.717, 1.165) is 14.2 Å². The molecule has 2 aromatic carbocycles. The highest BCUT2D eigenvalue weighted by molar-refractivity contribution is 14.1. The number of carbonyl (C=O) groups excluding carboxylic acids is 2. The van der Waals surface area contributed by atoms with Crippen LogP contribution in [0.5, 0.6) is 0 Å². The average molecular weight is 410 g/mol. The van der Waals surface area contributed by atoms with Crippen molar-refractivity contribution in [2.24, 2.45) is 0 Å². The Bertz CT molecular complexity index is 733. The molecule has 0 saturated heterocycles. The summed E-state index contributed by atoms with van der Waals surface area (Å²) < 4.78 is 1.01. The summed E-state index contributed by atoms with van der Waals surface area (Å²) >= 11 is 3.67. The Morgan fingerprint density at radius 2 is 2.10 bits per heavy atom. The molecule has 3 rings (SSSR count). The molecule has 106 valence electrons. The summed E-state index contributed by atoms with van der Waals surface area (Å²) in [5, 5.41) is 5.66. The van der Waals surface area contributed by atoms with Gasteiger partial charge in [-0.3, -0.25) is 9.59 Å². The van der Waals surface area contributed by atoms with Gasteiger partial charge < -0.3 is 10.6 Å². The molecule has 6 heteroatoms. The lowest BCUT2D eigenvalue weighted by molar-refractivity contribution is -0.113. The molecular weight excluding hydrogens is 399 g/mol. The number of rotatable bonds is 2. The van der Waals surface area contributed by atoms with E-state index in [2.05, 4.69) is 33.2 Å². The van der Waals surface area contributed by atoms with Crippen molar-refractivity contribution >= 4 is 57.5 Å². The van der Waals surface area contributed by atoms with E-state index in [1.54, 1.807) is 12.1 Å². The summed E-state index contributed by atoms with van der Waals surface area (Å²) in [6.07, 6.45) is 0. The molecule has 0 saturated carbocycles. The highest BCUT2D eigenvalue weighted by Gasteiger charge is 2.16. The Balaban J connectivity index is 1.80. The molecule has 0 aromatic heterocycles. The third kappa shape index (κ3) is 3.38. The molecule has 1 heterocycles. The molecule has 0 radical (unpaired) electrons. The van der Waals surface area contributed by atoms with Gasteiger partial charge in [0.15, 0.2) is 0 Å². The van der Waals surface area contributed by atoms with Crippen molar-refractivity contribution in [1.29, 1.82) is 0 Å². The molecule has 2 aromatic rings. The molecule has 0 bridgehead atoms. The van der Waals surface area contributed by atoms with Crippen molar-refractivity contribution in [3.8, 4) is 0 Å². The predicted molar refractivity (Wildman–Crippen MR) is 92.9 cm³/mol. The summed E-state index contributed by atoms with van der Waals surface area (Å²) in [6, 6.07) is 12.9. The van der Waals surface area contributed by atoms with E-state index >= 15 is 0 Å². The highest BCUT2D eigenvalue weighted by Crippen LogP contribution is 2.33. The maximum absolute atomic E-state index is 12.2. The lowest BCUT2D eigenvalue weighted by Gasteiger charge is -2.17. The first-order valence-corrected chi connectivity index (χ1v) is 8.32. The zero-order chi connectivity index (χ0) is 14.8. The summed E-state index contributed by atoms with van der Waals surface area (Å²) in [5.41, 5.74) is 2.02. The number of carbonyl (C=O) groups is 2. The molecule has 0 spiro atoms. The van der Waals surface area contributed by atoms with E-state index in [1.165, 1.54) is 11.8 Å². The van der Waals surface area contributed by atoms with Gasteiger partial charge >= 0.3 is 0 Å². The third-order valence-electron chi connectivity index (χ3n) is 2.96. The van der Waals surface area contributed by atoms with Gasteiger partial charge in [-0.05, 0) is 59.0 Å². The largest absolute Gasteiger partial charge is 0.324 e. The summed E-state index contributed by atoms with van der Waals surface area (Å²) in [7, 11) is 0. The third-order valence-corrected chi connectivity index (χ3v) is 4.70. The molecule has 0 atom stereocenters. The van der Waals surface area contributed by atoms with Crippen molar-refractivity contribution in [1.82, 2.24) is 0 Å². The van der Waals surface area contributed by atoms with Crippen LogP contribution < -0.4 is 10.6 Å². The molecular formula is C15H11IN2O2S. The highest BCUT2D eigenvalue weighted by atomic mass is 127. The Morgan fingerprint density at radius 3 is 2.90 bits per heavy atom. The second kappa shape index (κ2) is 6.07. The van der Waals surface area contributed by atoms with Crippen LogP contribution in [-0.4, -0.2) is 17.6 Å². The fourth-order valence-electron chi connectivity index (χ4n) is 1.99. The Kier molecular flexibility index (Phi) is 4.16. The first kappa shape index (κ1) is 14.4. The zero-order valence-electron chi connectivity index (χ0n) is 10.9. The van der Waals surface area contributed by atoms with Crippen molar-refractivity contribution in [2.45, 2.75) is 4.90 Å². The topological polar surface area (TPSA) is 58.2 Å². The molecule has 21 heavy (non-hydrogen) atoms. The van der Waals surface area contributed by atoms with Crippen LogP contribution in [0.25, 0.3) is 0 Å². The molecule has 4 nitrogen and oxygen atoms in total. The molecule has 1 aliphatic rings. The minimum Gasteiger partial charge on any atom is -0.324 e. The molecule has 0 unspecified atom stereocenters. The van der Waals surface area contributed by atoms with Crippen LogP contribution in [0, 0.1) is 3.57 Å². The van der Waals surface area contributed by atoms with Crippen molar-refractivity contribution in [3.63, 3.8) is 0 Å². The van der Waals surface area contributed by atoms with Gasteiger partial charge in [0.05, 0.1) is 11.4 Å². The minimum absolute atomic E-state index is 0.0198. The second-order valence-electron chi connectivity index (χ2n) is 4.51. The van der Waals surface area contributed by atoms with Crippen molar-refractivity contribution < 1.29 is 9.59 Å². The molecule has 0 aliphatic carbocycles. The minimum atomic E-state index is -0.164. The van der Waals surface area contributed by atoms with Gasteiger partial charge in [0.2, 0.25) is 5.91 Å². The van der Waals surface area contributed by atoms with Crippen LogP contribution in [0.2, 0.25) is 0 Å². The van der Waals surface area contributed by atoms with E-state index in [-0.39, 0.29) is 11.8 Å². The molecule has 2 N–H and O–H groups in total. The predicted octanol–water partition coefficient (Wildman–Crippen LogP) is 3.59. The Labute approximate surface area is 139 Å². The Hall–Kier alpha value is -1.54. The first-order chi connectivity index (χ1) is 10.1. The van der Waals surface area contributed by atoms with Gasteiger partial charge in [-0.1, -0.05) is 6.07 Å². The van der Waals surface area contributed by atoms with Crippen molar-refractivity contribution in [2.75, 3.05) is 16.4 Å². The average Bonchev–Trinajstić information content (AvgIpc) is 2.46. The van der Waals surface area contributed by atoms with E-state index in [9.17, 15) is 9.59 Å². The molecule has 1 aliphatic heterocycles. The monoisotopic (exact) mass is 410 g/mol. The first-order valence-electron chi connectivity index (χ1n) is 6.25. The quantitative estimate of drug-likeness (QED) is 0.745. The standard InChI is InChI=1S/C15H11IN2O2S/c16-10-3-1-2-9(6-10)15(20)17-11-4-5-13-12(7-11)18-14(19)8-21-13/h1-7H,8H2,(H,17,20)(H,18,19). The summed E-state index contributed by atoms with van der Waals surface area (Å²) in [6.45, 7) is 0. The maximum atomic E-state index is 12.2. The number of hydrogen-bond acceptors (Lipinski definition) is 3. The number of hydrogen-bond donors (Lipinski definition) is 2. The SMILES string of the molecule is O=C1CSc2ccc(NC(=O)c3cccc(I)c3)cc2N1. The van der Waals surface area contributed by atoms with Gasteiger partial charge in [0, 0.05) is 19.7 Å². The second-order valence-corrected chi connectivity index (χ2v) is 6.78. The Morgan fingerprint density at radius 1 is 1.24 bits per heavy atom. The zero-order valence-corrected chi connectivity index (χ0v) is 13.8. The van der Waals surface area contributed by atoms with Crippen LogP contribution >= 0.6 is 34.4 Å². The summed E-state index contributed by atoms with van der Waals surface area (Å²) in [5.74, 6) is 0.248. The smallest absolute Gasteiger partial charge is 0.255 e. The number of fused-ring (bicyclic) bond motifs is 1.